The molecule has 0 radical (unpaired) electrons. The van der Waals surface area contributed by atoms with Crippen LogP contribution in [0.5, 0.6) is 0 Å². The zero-order valence-electron chi connectivity index (χ0n) is 17.1. The summed E-state index contributed by atoms with van der Waals surface area (Å²) in [5.41, 5.74) is 1.79. The van der Waals surface area contributed by atoms with Crippen LogP contribution in [0.4, 0.5) is 0 Å². The molecule has 4 aliphatic carbocycles. The Labute approximate surface area is 168 Å². The summed E-state index contributed by atoms with van der Waals surface area (Å²) in [5.74, 6) is 1.98. The first-order valence-electron chi connectivity index (χ1n) is 10.7. The van der Waals surface area contributed by atoms with Crippen molar-refractivity contribution in [3.05, 3.63) is 11.6 Å². The van der Waals surface area contributed by atoms with E-state index in [9.17, 15) is 9.59 Å². The van der Waals surface area contributed by atoms with Crippen LogP contribution in [0, 0.1) is 34.5 Å². The van der Waals surface area contributed by atoms with Gasteiger partial charge in [0.25, 0.3) is 0 Å². The van der Waals surface area contributed by atoms with Crippen molar-refractivity contribution in [2.45, 2.75) is 84.1 Å². The number of fused-ring (bicyclic) bond motifs is 5. The molecule has 0 heterocycles. The number of ketones is 1. The van der Waals surface area contributed by atoms with Crippen molar-refractivity contribution in [3.8, 4) is 0 Å². The predicted molar refractivity (Wildman–Crippen MR) is 106 cm³/mol. The number of hydrogen-bond acceptors (Lipinski definition) is 3. The molecular weight excluding hydrogens is 360 g/mol. The SMILES string of the molecule is CC(=O)O[C@H]1CC[C@@]2(C)C(=CC[C@H]3[C@H]2CC[C@]2(C)[C@H](C(C)=O)[C@@H](Cl)C[C@@H]32)C1. The summed E-state index contributed by atoms with van der Waals surface area (Å²) >= 11 is 6.72. The maximum Gasteiger partial charge on any atom is 0.302 e. The van der Waals surface area contributed by atoms with Gasteiger partial charge in [-0.15, -0.1) is 11.6 Å². The third kappa shape index (κ3) is 2.91. The number of hydrogen-bond donors (Lipinski definition) is 0. The summed E-state index contributed by atoms with van der Waals surface area (Å²) in [7, 11) is 0. The summed E-state index contributed by atoms with van der Waals surface area (Å²) < 4.78 is 5.53. The first kappa shape index (κ1) is 19.5. The van der Waals surface area contributed by atoms with E-state index in [0.29, 0.717) is 17.8 Å². The largest absolute Gasteiger partial charge is 0.462 e. The molecule has 3 nitrogen and oxygen atoms in total. The van der Waals surface area contributed by atoms with Gasteiger partial charge in [0.05, 0.1) is 0 Å². The third-order valence-corrected chi connectivity index (χ3v) is 9.25. The summed E-state index contributed by atoms with van der Waals surface area (Å²) in [6, 6.07) is 0. The average Bonchev–Trinajstić information content (AvgIpc) is 2.85. The van der Waals surface area contributed by atoms with Crippen LogP contribution in [0.2, 0.25) is 0 Å². The molecule has 0 bridgehead atoms. The number of carbonyl (C=O) groups is 2. The topological polar surface area (TPSA) is 43.4 Å². The van der Waals surface area contributed by atoms with Crippen molar-refractivity contribution in [2.24, 2.45) is 34.5 Å². The van der Waals surface area contributed by atoms with Crippen LogP contribution in [-0.4, -0.2) is 23.2 Å². The van der Waals surface area contributed by atoms with E-state index >= 15 is 0 Å². The lowest BCUT2D eigenvalue weighted by Crippen LogP contribution is -2.51. The second kappa shape index (κ2) is 6.61. The number of ether oxygens (including phenoxy) is 1. The van der Waals surface area contributed by atoms with Crippen LogP contribution >= 0.6 is 11.6 Å². The Hall–Kier alpha value is -0.830. The maximum absolute atomic E-state index is 12.4. The Kier molecular flexibility index (Phi) is 4.77. The Morgan fingerprint density at radius 3 is 2.56 bits per heavy atom. The van der Waals surface area contributed by atoms with Gasteiger partial charge in [0.15, 0.2) is 0 Å². The molecule has 4 aliphatic rings. The number of halogens is 1. The molecule has 0 aliphatic heterocycles. The van der Waals surface area contributed by atoms with Gasteiger partial charge in [-0.3, -0.25) is 9.59 Å². The quantitative estimate of drug-likeness (QED) is 0.363. The molecule has 8 atom stereocenters. The molecule has 3 saturated carbocycles. The number of carbonyl (C=O) groups excluding carboxylic acids is 2. The smallest absolute Gasteiger partial charge is 0.302 e. The zero-order valence-corrected chi connectivity index (χ0v) is 17.8. The monoisotopic (exact) mass is 392 g/mol. The Bertz CT molecular complexity index is 685. The molecule has 27 heavy (non-hydrogen) atoms. The fraction of sp³-hybridized carbons (Fsp3) is 0.826. The van der Waals surface area contributed by atoms with Gasteiger partial charge in [-0.1, -0.05) is 25.5 Å². The molecule has 0 amide bonds. The number of esters is 1. The molecule has 0 N–H and O–H groups in total. The first-order valence-corrected chi connectivity index (χ1v) is 11.1. The van der Waals surface area contributed by atoms with Gasteiger partial charge in [0.1, 0.15) is 11.9 Å². The minimum absolute atomic E-state index is 0.00543. The first-order chi connectivity index (χ1) is 12.7. The van der Waals surface area contributed by atoms with Crippen LogP contribution in [0.15, 0.2) is 11.6 Å². The highest BCUT2D eigenvalue weighted by atomic mass is 35.5. The van der Waals surface area contributed by atoms with E-state index < -0.39 is 0 Å². The van der Waals surface area contributed by atoms with E-state index in [1.807, 2.05) is 0 Å². The standard InChI is InChI=1S/C23H33ClO3/c1-13(25)21-20(24)12-19-17-6-5-15-11-16(27-14(2)26)7-9-22(15,3)18(17)8-10-23(19,21)4/h5,16-21H,6-12H2,1-4H3/t16-,17-,18+,19-,20-,21+,22-,23-/m0/s1. The van der Waals surface area contributed by atoms with Crippen molar-refractivity contribution in [2.75, 3.05) is 0 Å². The lowest BCUT2D eigenvalue weighted by Gasteiger charge is -2.57. The molecule has 4 rings (SSSR count). The minimum atomic E-state index is -0.166. The van der Waals surface area contributed by atoms with Crippen molar-refractivity contribution in [1.29, 1.82) is 0 Å². The summed E-state index contributed by atoms with van der Waals surface area (Å²) in [6.07, 6.45) is 9.85. The number of Topliss-reactive ketones (excluding diaryl/α,β-unsaturated/α-hetero) is 1. The summed E-state index contributed by atoms with van der Waals surface area (Å²) in [5, 5.41) is -0.00543. The molecule has 0 aromatic heterocycles. The van der Waals surface area contributed by atoms with E-state index in [-0.39, 0.29) is 40.0 Å². The minimum Gasteiger partial charge on any atom is -0.462 e. The molecule has 0 spiro atoms. The Morgan fingerprint density at radius 2 is 1.89 bits per heavy atom. The lowest BCUT2D eigenvalue weighted by molar-refractivity contribution is -0.149. The maximum atomic E-state index is 12.4. The van der Waals surface area contributed by atoms with Gasteiger partial charge in [-0.2, -0.15) is 0 Å². The van der Waals surface area contributed by atoms with Crippen LogP contribution < -0.4 is 0 Å². The van der Waals surface area contributed by atoms with E-state index in [1.165, 1.54) is 18.9 Å². The molecule has 4 heteroatoms. The highest BCUT2D eigenvalue weighted by Gasteiger charge is 2.61. The zero-order chi connectivity index (χ0) is 19.6. The summed E-state index contributed by atoms with van der Waals surface area (Å²) in [6.45, 7) is 8.02. The molecule has 0 unspecified atom stereocenters. The van der Waals surface area contributed by atoms with E-state index in [1.54, 1.807) is 6.92 Å². The second-order valence-corrected chi connectivity index (χ2v) is 10.7. The highest BCUT2D eigenvalue weighted by Crippen LogP contribution is 2.67. The highest BCUT2D eigenvalue weighted by molar-refractivity contribution is 6.22. The van der Waals surface area contributed by atoms with Crippen LogP contribution in [0.1, 0.15) is 72.6 Å². The molecule has 150 valence electrons. The van der Waals surface area contributed by atoms with Crippen LogP contribution in [-0.2, 0) is 14.3 Å². The Morgan fingerprint density at radius 1 is 1.15 bits per heavy atom. The molecular formula is C23H33ClO3. The van der Waals surface area contributed by atoms with Crippen LogP contribution in [0.25, 0.3) is 0 Å². The second-order valence-electron chi connectivity index (χ2n) is 10.1. The van der Waals surface area contributed by atoms with E-state index in [4.69, 9.17) is 16.3 Å². The van der Waals surface area contributed by atoms with Crippen molar-refractivity contribution >= 4 is 23.4 Å². The van der Waals surface area contributed by atoms with Gasteiger partial charge in [0.2, 0.25) is 0 Å². The number of alkyl halides is 1. The lowest BCUT2D eigenvalue weighted by atomic mass is 9.47. The number of allylic oxidation sites excluding steroid dienone is 1. The van der Waals surface area contributed by atoms with Crippen LogP contribution in [0.3, 0.4) is 0 Å². The third-order valence-electron chi connectivity index (χ3n) is 8.82. The molecule has 0 aromatic rings. The molecule has 3 fully saturated rings. The van der Waals surface area contributed by atoms with Gasteiger partial charge in [-0.25, -0.2) is 0 Å². The average molecular weight is 393 g/mol. The Balaban J connectivity index is 1.61. The van der Waals surface area contributed by atoms with Crippen molar-refractivity contribution in [1.82, 2.24) is 0 Å². The normalized spacial score (nSPS) is 48.7. The molecule has 0 aromatic carbocycles. The molecule has 0 saturated heterocycles. The van der Waals surface area contributed by atoms with E-state index in [2.05, 4.69) is 19.9 Å². The van der Waals surface area contributed by atoms with Gasteiger partial charge < -0.3 is 4.74 Å². The summed E-state index contributed by atoms with van der Waals surface area (Å²) in [4.78, 5) is 23.7. The van der Waals surface area contributed by atoms with Gasteiger partial charge >= 0.3 is 5.97 Å². The predicted octanol–water partition coefficient (Wildman–Crippen LogP) is 5.30. The van der Waals surface area contributed by atoms with E-state index in [0.717, 1.165) is 38.5 Å². The van der Waals surface area contributed by atoms with Crippen molar-refractivity contribution < 1.29 is 14.3 Å². The van der Waals surface area contributed by atoms with Gasteiger partial charge in [-0.05, 0) is 74.0 Å². The fourth-order valence-electron chi connectivity index (χ4n) is 7.65. The van der Waals surface area contributed by atoms with Crippen molar-refractivity contribution in [3.63, 3.8) is 0 Å². The van der Waals surface area contributed by atoms with Gasteiger partial charge in [0, 0.05) is 24.6 Å². The fourth-order valence-corrected chi connectivity index (χ4v) is 8.31. The number of rotatable bonds is 2.